The van der Waals surface area contributed by atoms with Gasteiger partial charge in [-0.2, -0.15) is 5.10 Å². The van der Waals surface area contributed by atoms with Crippen LogP contribution in [0.1, 0.15) is 22.8 Å². The van der Waals surface area contributed by atoms with E-state index in [4.69, 9.17) is 9.47 Å². The van der Waals surface area contributed by atoms with Gasteiger partial charge in [0.15, 0.2) is 6.10 Å². The van der Waals surface area contributed by atoms with E-state index >= 15 is 0 Å². The molecule has 32 heavy (non-hydrogen) atoms. The van der Waals surface area contributed by atoms with Crippen molar-refractivity contribution in [3.05, 3.63) is 100 Å². The number of hydrogen-bond donors (Lipinski definition) is 1. The largest absolute Gasteiger partial charge is 0.481 e. The fraction of sp³-hybridized carbons (Fsp3) is 0.0870. The van der Waals surface area contributed by atoms with Crippen LogP contribution in [0.25, 0.3) is 0 Å². The molecule has 0 aromatic heterocycles. The van der Waals surface area contributed by atoms with E-state index in [9.17, 15) is 19.7 Å². The van der Waals surface area contributed by atoms with Crippen molar-refractivity contribution in [3.63, 3.8) is 0 Å². The lowest BCUT2D eigenvalue weighted by Crippen LogP contribution is -2.33. The van der Waals surface area contributed by atoms with Crippen LogP contribution < -0.4 is 14.9 Å². The quantitative estimate of drug-likeness (QED) is 0.190. The smallest absolute Gasteiger partial charge is 0.343 e. The van der Waals surface area contributed by atoms with Crippen molar-refractivity contribution in [1.82, 2.24) is 5.43 Å². The molecule has 1 N–H and O–H groups in total. The SMILES string of the molecule is C[C@@H](Oc1ccc([N+](=O)[O-])cc1)C(=O)N/N=C\c1ccc(OC(=O)c2ccccc2)cc1. The second-order valence-electron chi connectivity index (χ2n) is 6.57. The Morgan fingerprint density at radius 2 is 1.59 bits per heavy atom. The third-order valence-corrected chi connectivity index (χ3v) is 4.22. The maximum Gasteiger partial charge on any atom is 0.343 e. The summed E-state index contributed by atoms with van der Waals surface area (Å²) in [5.41, 5.74) is 3.42. The van der Waals surface area contributed by atoms with Crippen LogP contribution in [0, 0.1) is 10.1 Å². The standard InChI is InChI=1S/C23H19N3O6/c1-16(31-20-13-9-19(10-14-20)26(29)30)22(27)25-24-15-17-7-11-21(12-8-17)32-23(28)18-5-3-2-4-6-18/h2-16H,1H3,(H,25,27)/b24-15-/t16-/m1/s1. The van der Waals surface area contributed by atoms with Crippen LogP contribution in [0.4, 0.5) is 5.69 Å². The Labute approximate surface area is 183 Å². The Bertz CT molecular complexity index is 1110. The number of carbonyl (C=O) groups excluding carboxylic acids is 2. The van der Waals surface area contributed by atoms with Gasteiger partial charge < -0.3 is 9.47 Å². The highest BCUT2D eigenvalue weighted by Gasteiger charge is 2.14. The predicted octanol–water partition coefficient (Wildman–Crippen LogP) is 3.73. The molecule has 162 valence electrons. The minimum atomic E-state index is -0.867. The van der Waals surface area contributed by atoms with Crippen molar-refractivity contribution in [1.29, 1.82) is 0 Å². The van der Waals surface area contributed by atoms with Crippen molar-refractivity contribution in [2.75, 3.05) is 0 Å². The van der Waals surface area contributed by atoms with E-state index in [1.165, 1.54) is 37.4 Å². The zero-order valence-corrected chi connectivity index (χ0v) is 17.0. The fourth-order valence-corrected chi connectivity index (χ4v) is 2.53. The lowest BCUT2D eigenvalue weighted by molar-refractivity contribution is -0.384. The van der Waals surface area contributed by atoms with E-state index in [1.54, 1.807) is 48.5 Å². The van der Waals surface area contributed by atoms with Crippen molar-refractivity contribution >= 4 is 23.8 Å². The first-order chi connectivity index (χ1) is 15.4. The number of ether oxygens (including phenoxy) is 2. The van der Waals surface area contributed by atoms with Gasteiger partial charge in [-0.3, -0.25) is 14.9 Å². The molecule has 0 unspecified atom stereocenters. The molecule has 0 bridgehead atoms. The lowest BCUT2D eigenvalue weighted by atomic mass is 10.2. The molecule has 0 aliphatic heterocycles. The Balaban J connectivity index is 1.48. The minimum Gasteiger partial charge on any atom is -0.481 e. The summed E-state index contributed by atoms with van der Waals surface area (Å²) in [6.07, 6.45) is 0.563. The number of carbonyl (C=O) groups is 2. The number of esters is 1. The number of rotatable bonds is 8. The zero-order valence-electron chi connectivity index (χ0n) is 17.0. The van der Waals surface area contributed by atoms with E-state index < -0.39 is 22.9 Å². The predicted molar refractivity (Wildman–Crippen MR) is 117 cm³/mol. The molecule has 9 nitrogen and oxygen atoms in total. The van der Waals surface area contributed by atoms with E-state index in [1.807, 2.05) is 6.07 Å². The molecular formula is C23H19N3O6. The summed E-state index contributed by atoms with van der Waals surface area (Å²) in [7, 11) is 0. The summed E-state index contributed by atoms with van der Waals surface area (Å²) in [6, 6.07) is 20.6. The average molecular weight is 433 g/mol. The molecule has 3 aromatic rings. The van der Waals surface area contributed by atoms with Crippen molar-refractivity contribution in [3.8, 4) is 11.5 Å². The molecule has 1 amide bonds. The Hall–Kier alpha value is -4.53. The van der Waals surface area contributed by atoms with Gasteiger partial charge in [-0.25, -0.2) is 10.2 Å². The molecule has 0 saturated heterocycles. The minimum absolute atomic E-state index is 0.0695. The maximum atomic E-state index is 12.1. The Kier molecular flexibility index (Phi) is 7.26. The fourth-order valence-electron chi connectivity index (χ4n) is 2.53. The van der Waals surface area contributed by atoms with Gasteiger partial charge in [-0.1, -0.05) is 18.2 Å². The number of hydrogen-bond acceptors (Lipinski definition) is 7. The van der Waals surface area contributed by atoms with Crippen LogP contribution in [-0.2, 0) is 4.79 Å². The number of amides is 1. The first-order valence-electron chi connectivity index (χ1n) is 9.54. The van der Waals surface area contributed by atoms with Crippen molar-refractivity contribution in [2.24, 2.45) is 5.10 Å². The van der Waals surface area contributed by atoms with Crippen molar-refractivity contribution < 1.29 is 24.0 Å². The van der Waals surface area contributed by atoms with Crippen LogP contribution in [0.2, 0.25) is 0 Å². The number of hydrazone groups is 1. The molecule has 1 atom stereocenters. The molecule has 0 heterocycles. The highest BCUT2D eigenvalue weighted by Crippen LogP contribution is 2.18. The Morgan fingerprint density at radius 1 is 0.969 bits per heavy atom. The number of benzene rings is 3. The van der Waals surface area contributed by atoms with Gasteiger partial charge in [0, 0.05) is 12.1 Å². The highest BCUT2D eigenvalue weighted by atomic mass is 16.6. The second kappa shape index (κ2) is 10.5. The summed E-state index contributed by atoms with van der Waals surface area (Å²) in [6.45, 7) is 1.53. The molecule has 0 radical (unpaired) electrons. The Morgan fingerprint density at radius 3 is 2.22 bits per heavy atom. The van der Waals surface area contributed by atoms with E-state index in [-0.39, 0.29) is 5.69 Å². The van der Waals surface area contributed by atoms with E-state index in [0.717, 1.165) is 0 Å². The lowest BCUT2D eigenvalue weighted by Gasteiger charge is -2.12. The van der Waals surface area contributed by atoms with Gasteiger partial charge in [0.25, 0.3) is 11.6 Å². The summed E-state index contributed by atoms with van der Waals surface area (Å²) >= 11 is 0. The molecule has 9 heteroatoms. The van der Waals surface area contributed by atoms with Crippen LogP contribution >= 0.6 is 0 Å². The van der Waals surface area contributed by atoms with E-state index in [2.05, 4.69) is 10.5 Å². The third-order valence-electron chi connectivity index (χ3n) is 4.22. The maximum absolute atomic E-state index is 12.1. The normalized spacial score (nSPS) is 11.5. The van der Waals surface area contributed by atoms with Gasteiger partial charge in [0.2, 0.25) is 0 Å². The number of nitro benzene ring substituents is 1. The van der Waals surface area contributed by atoms with Crippen LogP contribution in [0.5, 0.6) is 11.5 Å². The number of nitro groups is 1. The third kappa shape index (κ3) is 6.23. The molecule has 0 saturated carbocycles. The van der Waals surface area contributed by atoms with Crippen LogP contribution in [-0.4, -0.2) is 29.1 Å². The van der Waals surface area contributed by atoms with E-state index in [0.29, 0.717) is 22.6 Å². The highest BCUT2D eigenvalue weighted by molar-refractivity contribution is 5.91. The summed E-state index contributed by atoms with van der Waals surface area (Å²) < 4.78 is 10.7. The van der Waals surface area contributed by atoms with Gasteiger partial charge in [-0.05, 0) is 61.0 Å². The second-order valence-corrected chi connectivity index (χ2v) is 6.57. The molecule has 0 aliphatic carbocycles. The molecule has 0 fully saturated rings. The number of nitrogens with zero attached hydrogens (tertiary/aromatic N) is 2. The average Bonchev–Trinajstić information content (AvgIpc) is 2.81. The summed E-state index contributed by atoms with van der Waals surface area (Å²) in [5.74, 6) is -0.248. The molecule has 0 aliphatic rings. The van der Waals surface area contributed by atoms with Crippen LogP contribution in [0.3, 0.4) is 0 Å². The van der Waals surface area contributed by atoms with Crippen molar-refractivity contribution in [2.45, 2.75) is 13.0 Å². The molecular weight excluding hydrogens is 414 g/mol. The molecule has 3 aromatic carbocycles. The van der Waals surface area contributed by atoms with Gasteiger partial charge >= 0.3 is 5.97 Å². The number of non-ortho nitro benzene ring substituents is 1. The summed E-state index contributed by atoms with van der Waals surface area (Å²) in [4.78, 5) is 34.3. The first-order valence-corrected chi connectivity index (χ1v) is 9.54. The zero-order chi connectivity index (χ0) is 22.9. The molecule has 0 spiro atoms. The summed E-state index contributed by atoms with van der Waals surface area (Å²) in [5, 5.41) is 14.5. The first kappa shape index (κ1) is 22.2. The molecule has 3 rings (SSSR count). The van der Waals surface area contributed by atoms with Gasteiger partial charge in [-0.15, -0.1) is 0 Å². The topological polar surface area (TPSA) is 120 Å². The monoisotopic (exact) mass is 433 g/mol. The van der Waals surface area contributed by atoms with Crippen LogP contribution in [0.15, 0.2) is 84.0 Å². The number of nitrogens with one attached hydrogen (secondary N) is 1. The van der Waals surface area contributed by atoms with Gasteiger partial charge in [0.05, 0.1) is 16.7 Å². The van der Waals surface area contributed by atoms with Gasteiger partial charge in [0.1, 0.15) is 11.5 Å².